The summed E-state index contributed by atoms with van der Waals surface area (Å²) >= 11 is 3.39. The summed E-state index contributed by atoms with van der Waals surface area (Å²) in [7, 11) is 0. The second kappa shape index (κ2) is 7.76. The topological polar surface area (TPSA) is 73.1 Å². The number of aliphatic hydroxyl groups excluding tert-OH is 1. The second-order valence-corrected chi connectivity index (χ2v) is 6.88. The van der Waals surface area contributed by atoms with E-state index in [1.807, 2.05) is 50.2 Å². The highest BCUT2D eigenvalue weighted by Crippen LogP contribution is 2.18. The van der Waals surface area contributed by atoms with Crippen molar-refractivity contribution in [3.8, 4) is 17.1 Å². The van der Waals surface area contributed by atoms with Gasteiger partial charge >= 0.3 is 0 Å². The Balaban J connectivity index is 1.58. The maximum absolute atomic E-state index is 10.2. The van der Waals surface area contributed by atoms with Gasteiger partial charge in [-0.1, -0.05) is 22.0 Å². The number of halogens is 1. The Morgan fingerprint density at radius 2 is 1.80 bits per heavy atom. The molecule has 0 fully saturated rings. The van der Waals surface area contributed by atoms with Gasteiger partial charge < -0.3 is 9.84 Å². The minimum Gasteiger partial charge on any atom is -0.491 e. The molecule has 0 spiro atoms. The summed E-state index contributed by atoms with van der Waals surface area (Å²) in [4.78, 5) is 1.38. The standard InChI is InChI=1S/C18H19BrN4O2/c1-12-7-13(2)9-17(8-12)25-11-16(24)10-23-21-18(20-22-23)14-3-5-15(19)6-4-14/h3-9,16,24H,10-11H2,1-2H3. The number of aromatic nitrogens is 4. The molecule has 1 aromatic heterocycles. The van der Waals surface area contributed by atoms with Gasteiger partial charge in [-0.05, 0) is 66.6 Å². The van der Waals surface area contributed by atoms with Gasteiger partial charge in [0.15, 0.2) is 0 Å². The predicted octanol–water partition coefficient (Wildman–Crippen LogP) is 3.16. The third-order valence-corrected chi connectivity index (χ3v) is 4.10. The molecule has 0 aliphatic carbocycles. The lowest BCUT2D eigenvalue weighted by molar-refractivity contribution is 0.0849. The maximum Gasteiger partial charge on any atom is 0.204 e. The molecule has 1 unspecified atom stereocenters. The molecule has 0 bridgehead atoms. The van der Waals surface area contributed by atoms with Crippen LogP contribution < -0.4 is 4.74 Å². The summed E-state index contributed by atoms with van der Waals surface area (Å²) in [6.07, 6.45) is -0.729. The minimum atomic E-state index is -0.729. The predicted molar refractivity (Wildman–Crippen MR) is 98.4 cm³/mol. The lowest BCUT2D eigenvalue weighted by Gasteiger charge is -2.12. The number of ether oxygens (including phenoxy) is 1. The molecule has 0 aliphatic heterocycles. The van der Waals surface area contributed by atoms with Gasteiger partial charge in [0.2, 0.25) is 5.82 Å². The SMILES string of the molecule is Cc1cc(C)cc(OCC(O)Cn2nnc(-c3ccc(Br)cc3)n2)c1. The molecule has 1 heterocycles. The van der Waals surface area contributed by atoms with Crippen LogP contribution in [0.4, 0.5) is 0 Å². The van der Waals surface area contributed by atoms with E-state index in [9.17, 15) is 5.11 Å². The fourth-order valence-electron chi connectivity index (χ4n) is 2.48. The smallest absolute Gasteiger partial charge is 0.204 e. The van der Waals surface area contributed by atoms with E-state index in [4.69, 9.17) is 4.74 Å². The number of benzene rings is 2. The molecule has 2 aromatic carbocycles. The summed E-state index contributed by atoms with van der Waals surface area (Å²) in [5, 5.41) is 22.5. The molecule has 130 valence electrons. The highest BCUT2D eigenvalue weighted by Gasteiger charge is 2.11. The van der Waals surface area contributed by atoms with E-state index in [1.54, 1.807) is 0 Å². The molecule has 3 aromatic rings. The minimum absolute atomic E-state index is 0.165. The van der Waals surface area contributed by atoms with Gasteiger partial charge in [0, 0.05) is 10.0 Å². The first-order chi connectivity index (χ1) is 12.0. The van der Waals surface area contributed by atoms with E-state index in [0.29, 0.717) is 5.82 Å². The zero-order chi connectivity index (χ0) is 17.8. The first-order valence-corrected chi connectivity index (χ1v) is 8.72. The quantitative estimate of drug-likeness (QED) is 0.685. The Bertz CT molecular complexity index is 828. The van der Waals surface area contributed by atoms with Gasteiger partial charge in [-0.3, -0.25) is 0 Å². The first-order valence-electron chi connectivity index (χ1n) is 7.92. The molecule has 0 radical (unpaired) electrons. The molecule has 0 aliphatic rings. The van der Waals surface area contributed by atoms with Crippen molar-refractivity contribution in [1.82, 2.24) is 20.2 Å². The van der Waals surface area contributed by atoms with Crippen LogP contribution >= 0.6 is 15.9 Å². The molecular formula is C18H19BrN4O2. The molecule has 0 saturated carbocycles. The number of aryl methyl sites for hydroxylation is 2. The van der Waals surface area contributed by atoms with E-state index in [2.05, 4.69) is 37.4 Å². The summed E-state index contributed by atoms with van der Waals surface area (Å²) in [6, 6.07) is 13.6. The Labute approximate surface area is 154 Å². The van der Waals surface area contributed by atoms with Crippen molar-refractivity contribution in [2.75, 3.05) is 6.61 Å². The Morgan fingerprint density at radius 1 is 1.12 bits per heavy atom. The lowest BCUT2D eigenvalue weighted by atomic mass is 10.1. The van der Waals surface area contributed by atoms with Crippen LogP contribution in [0.15, 0.2) is 46.9 Å². The first kappa shape index (κ1) is 17.6. The second-order valence-electron chi connectivity index (χ2n) is 5.96. The Morgan fingerprint density at radius 3 is 2.48 bits per heavy atom. The van der Waals surface area contributed by atoms with Crippen LogP contribution in [-0.4, -0.2) is 38.0 Å². The van der Waals surface area contributed by atoms with Crippen LogP contribution in [-0.2, 0) is 6.54 Å². The summed E-state index contributed by atoms with van der Waals surface area (Å²) < 4.78 is 6.65. The average Bonchev–Trinajstić information content (AvgIpc) is 3.01. The van der Waals surface area contributed by atoms with E-state index in [1.165, 1.54) is 4.80 Å². The number of rotatable bonds is 6. The van der Waals surface area contributed by atoms with E-state index >= 15 is 0 Å². The van der Waals surface area contributed by atoms with Gasteiger partial charge in [0.1, 0.15) is 18.5 Å². The molecule has 1 N–H and O–H groups in total. The fraction of sp³-hybridized carbons (Fsp3) is 0.278. The van der Waals surface area contributed by atoms with Gasteiger partial charge in [0.05, 0.1) is 6.54 Å². The Hall–Kier alpha value is -2.25. The van der Waals surface area contributed by atoms with Crippen molar-refractivity contribution in [3.63, 3.8) is 0 Å². The Kier molecular flexibility index (Phi) is 5.45. The van der Waals surface area contributed by atoms with Gasteiger partial charge in [0.25, 0.3) is 0 Å². The van der Waals surface area contributed by atoms with Gasteiger partial charge in [-0.15, -0.1) is 10.2 Å². The van der Waals surface area contributed by atoms with Crippen molar-refractivity contribution in [2.24, 2.45) is 0 Å². The highest BCUT2D eigenvalue weighted by atomic mass is 79.9. The summed E-state index contributed by atoms with van der Waals surface area (Å²) in [5.74, 6) is 1.27. The van der Waals surface area contributed by atoms with E-state index in [-0.39, 0.29) is 13.2 Å². The normalized spacial score (nSPS) is 12.2. The number of tetrazole rings is 1. The zero-order valence-electron chi connectivity index (χ0n) is 14.1. The largest absolute Gasteiger partial charge is 0.491 e. The molecule has 6 nitrogen and oxygen atoms in total. The van der Waals surface area contributed by atoms with E-state index < -0.39 is 6.10 Å². The highest BCUT2D eigenvalue weighted by molar-refractivity contribution is 9.10. The average molecular weight is 403 g/mol. The van der Waals surface area contributed by atoms with Gasteiger partial charge in [-0.25, -0.2) is 0 Å². The molecule has 1 atom stereocenters. The molecule has 3 rings (SSSR count). The number of aliphatic hydroxyl groups is 1. The number of nitrogens with zero attached hydrogens (tertiary/aromatic N) is 4. The molecule has 7 heteroatoms. The third kappa shape index (κ3) is 4.87. The maximum atomic E-state index is 10.2. The van der Waals surface area contributed by atoms with Crippen molar-refractivity contribution >= 4 is 15.9 Å². The number of hydrogen-bond acceptors (Lipinski definition) is 5. The zero-order valence-corrected chi connectivity index (χ0v) is 15.6. The fourth-order valence-corrected chi connectivity index (χ4v) is 2.75. The third-order valence-electron chi connectivity index (χ3n) is 3.57. The summed E-state index contributed by atoms with van der Waals surface area (Å²) in [6.45, 7) is 4.41. The van der Waals surface area contributed by atoms with Crippen LogP contribution in [0, 0.1) is 13.8 Å². The summed E-state index contributed by atoms with van der Waals surface area (Å²) in [5.41, 5.74) is 3.12. The molecule has 0 saturated heterocycles. The molecular weight excluding hydrogens is 384 g/mol. The molecule has 0 amide bonds. The van der Waals surface area contributed by atoms with Crippen LogP contribution in [0.5, 0.6) is 5.75 Å². The monoisotopic (exact) mass is 402 g/mol. The van der Waals surface area contributed by atoms with Crippen molar-refractivity contribution in [1.29, 1.82) is 0 Å². The van der Waals surface area contributed by atoms with Crippen LogP contribution in [0.25, 0.3) is 11.4 Å². The van der Waals surface area contributed by atoms with Crippen molar-refractivity contribution < 1.29 is 9.84 Å². The van der Waals surface area contributed by atoms with Crippen molar-refractivity contribution in [2.45, 2.75) is 26.5 Å². The van der Waals surface area contributed by atoms with E-state index in [0.717, 1.165) is 26.9 Å². The molecule has 25 heavy (non-hydrogen) atoms. The number of hydrogen-bond donors (Lipinski definition) is 1. The van der Waals surface area contributed by atoms with Crippen LogP contribution in [0.3, 0.4) is 0 Å². The van der Waals surface area contributed by atoms with Crippen molar-refractivity contribution in [3.05, 3.63) is 58.1 Å². The van der Waals surface area contributed by atoms with Gasteiger partial charge in [-0.2, -0.15) is 4.80 Å². The lowest BCUT2D eigenvalue weighted by Crippen LogP contribution is -2.25. The van der Waals surface area contributed by atoms with Crippen LogP contribution in [0.2, 0.25) is 0 Å². The van der Waals surface area contributed by atoms with Crippen LogP contribution in [0.1, 0.15) is 11.1 Å².